The van der Waals surface area contributed by atoms with Crippen molar-refractivity contribution in [3.8, 4) is 0 Å². The van der Waals surface area contributed by atoms with E-state index in [1.165, 1.54) is 6.33 Å². The summed E-state index contributed by atoms with van der Waals surface area (Å²) in [6.07, 6.45) is -0.512. The third kappa shape index (κ3) is 3.66. The Morgan fingerprint density at radius 3 is 2.59 bits per heavy atom. The zero-order valence-corrected chi connectivity index (χ0v) is 18.8. The second-order valence-electron chi connectivity index (χ2n) is 8.46. The van der Waals surface area contributed by atoms with Crippen molar-refractivity contribution in [3.05, 3.63) is 17.0 Å². The number of aliphatic hydroxyl groups excluding tert-OH is 2. The van der Waals surface area contributed by atoms with E-state index in [0.717, 1.165) is 0 Å². The Bertz CT molecular complexity index is 838. The molecule has 0 aliphatic carbocycles. The number of hydrogen-bond acceptors (Lipinski definition) is 7. The van der Waals surface area contributed by atoms with Gasteiger partial charge in [0.05, 0.1) is 12.0 Å². The smallest absolute Gasteiger partial charge is 0.192 e. The fourth-order valence-corrected chi connectivity index (χ4v) is 4.47. The van der Waals surface area contributed by atoms with Crippen molar-refractivity contribution in [1.29, 1.82) is 0 Å². The molecule has 4 atom stereocenters. The van der Waals surface area contributed by atoms with Crippen LogP contribution >= 0.6 is 15.9 Å². The maximum absolute atomic E-state index is 10.6. The number of nitrogens with zero attached hydrogens (tertiary/aromatic N) is 3. The van der Waals surface area contributed by atoms with E-state index in [9.17, 15) is 10.2 Å². The van der Waals surface area contributed by atoms with Gasteiger partial charge in [-0.15, -0.1) is 0 Å². The third-order valence-electron chi connectivity index (χ3n) is 5.62. The lowest BCUT2D eigenvalue weighted by Crippen LogP contribution is -2.44. The van der Waals surface area contributed by atoms with Crippen molar-refractivity contribution in [1.82, 2.24) is 14.5 Å². The van der Waals surface area contributed by atoms with Crippen LogP contribution in [0, 0.1) is 0 Å². The second kappa shape index (κ2) is 7.09. The first-order valence-corrected chi connectivity index (χ1v) is 12.6. The lowest BCUT2D eigenvalue weighted by molar-refractivity contribution is -0.0489. The highest BCUT2D eigenvalue weighted by molar-refractivity contribution is 9.10. The molecule has 0 unspecified atom stereocenters. The summed E-state index contributed by atoms with van der Waals surface area (Å²) in [6.45, 7) is 10.9. The molecule has 1 fully saturated rings. The predicted octanol–water partition coefficient (Wildman–Crippen LogP) is 2.42. The summed E-state index contributed by atoms with van der Waals surface area (Å²) in [5.41, 5.74) is 6.46. The van der Waals surface area contributed by atoms with E-state index in [4.69, 9.17) is 14.9 Å². The molecule has 0 saturated carbocycles. The molecule has 3 rings (SSSR count). The lowest BCUT2D eigenvalue weighted by atomic mass is 10.1. The first-order valence-electron chi connectivity index (χ1n) is 8.86. The van der Waals surface area contributed by atoms with Gasteiger partial charge < -0.3 is 29.7 Å². The van der Waals surface area contributed by atoms with Gasteiger partial charge in [0, 0.05) is 10.7 Å². The number of anilines is 1. The molecule has 1 aliphatic rings. The number of halogens is 1. The predicted molar refractivity (Wildman–Crippen MR) is 109 cm³/mol. The molecule has 27 heavy (non-hydrogen) atoms. The molecule has 0 amide bonds. The van der Waals surface area contributed by atoms with Gasteiger partial charge in [-0.2, -0.15) is 0 Å². The quantitative estimate of drug-likeness (QED) is 0.602. The molecule has 8 nitrogen and oxygen atoms in total. The fraction of sp³-hybridized carbons (Fsp3) is 0.647. The van der Waals surface area contributed by atoms with E-state index in [0.29, 0.717) is 21.3 Å². The molecular formula is C17H27BrN4O4Si. The van der Waals surface area contributed by atoms with Gasteiger partial charge in [0.15, 0.2) is 14.5 Å². The minimum atomic E-state index is -2.00. The monoisotopic (exact) mass is 458 g/mol. The van der Waals surface area contributed by atoms with Gasteiger partial charge >= 0.3 is 0 Å². The lowest BCUT2D eigenvalue weighted by Gasteiger charge is -2.37. The molecule has 2 aromatic rings. The number of hydrogen-bond donors (Lipinski definition) is 3. The van der Waals surface area contributed by atoms with Crippen LogP contribution in [0.15, 0.2) is 17.0 Å². The fourth-order valence-electron chi connectivity index (χ4n) is 2.86. The topological polar surface area (TPSA) is 116 Å². The third-order valence-corrected chi connectivity index (χ3v) is 10.7. The molecule has 1 aliphatic heterocycles. The van der Waals surface area contributed by atoms with Crippen LogP contribution in [0.3, 0.4) is 0 Å². The van der Waals surface area contributed by atoms with Crippen LogP contribution in [0.5, 0.6) is 0 Å². The van der Waals surface area contributed by atoms with Gasteiger partial charge in [0.2, 0.25) is 0 Å². The maximum atomic E-state index is 10.6. The van der Waals surface area contributed by atoms with Gasteiger partial charge in [-0.1, -0.05) is 20.8 Å². The second-order valence-corrected chi connectivity index (χ2v) is 14.1. The van der Waals surface area contributed by atoms with Crippen LogP contribution in [0.2, 0.25) is 18.1 Å². The summed E-state index contributed by atoms with van der Waals surface area (Å²) in [7, 11) is -2.00. The number of nitrogens with two attached hydrogens (primary N) is 1. The van der Waals surface area contributed by atoms with Crippen molar-refractivity contribution in [2.45, 2.75) is 63.4 Å². The Labute approximate surface area is 168 Å². The van der Waals surface area contributed by atoms with Crippen LogP contribution in [-0.2, 0) is 9.16 Å². The Morgan fingerprint density at radius 1 is 1.30 bits per heavy atom. The van der Waals surface area contributed by atoms with Gasteiger partial charge in [0.1, 0.15) is 36.1 Å². The zero-order valence-electron chi connectivity index (χ0n) is 16.2. The summed E-state index contributed by atoms with van der Waals surface area (Å²) in [5.74, 6) is 0.330. The van der Waals surface area contributed by atoms with Crippen LogP contribution in [0.4, 0.5) is 5.82 Å². The SMILES string of the molecule is CC(C)(C)[Si](C)(C)OC[C@@H]1O[C@@H](n2cc(Br)c3c(N)ncnc32)[C@H](O)[C@@H]1O. The van der Waals surface area contributed by atoms with Crippen LogP contribution in [0.25, 0.3) is 11.0 Å². The van der Waals surface area contributed by atoms with E-state index in [1.54, 1.807) is 10.8 Å². The number of fused-ring (bicyclic) bond motifs is 1. The number of nitrogen functional groups attached to an aromatic ring is 1. The Balaban J connectivity index is 1.83. The van der Waals surface area contributed by atoms with Gasteiger partial charge in [-0.05, 0) is 34.1 Å². The van der Waals surface area contributed by atoms with Gasteiger partial charge in [0.25, 0.3) is 0 Å². The number of rotatable bonds is 4. The van der Waals surface area contributed by atoms with E-state index < -0.39 is 32.9 Å². The van der Waals surface area contributed by atoms with E-state index in [-0.39, 0.29) is 11.6 Å². The summed E-state index contributed by atoms with van der Waals surface area (Å²) < 4.78 is 14.5. The van der Waals surface area contributed by atoms with Crippen molar-refractivity contribution in [2.24, 2.45) is 0 Å². The minimum absolute atomic E-state index is 0.0461. The summed E-state index contributed by atoms with van der Waals surface area (Å²) in [5, 5.41) is 21.8. The summed E-state index contributed by atoms with van der Waals surface area (Å²) >= 11 is 3.44. The van der Waals surface area contributed by atoms with Gasteiger partial charge in [-0.3, -0.25) is 0 Å². The molecule has 0 bridgehead atoms. The highest BCUT2D eigenvalue weighted by Crippen LogP contribution is 2.39. The average molecular weight is 459 g/mol. The molecule has 1 saturated heterocycles. The summed E-state index contributed by atoms with van der Waals surface area (Å²) in [4.78, 5) is 8.25. The average Bonchev–Trinajstić information content (AvgIpc) is 3.04. The molecule has 3 heterocycles. The molecule has 10 heteroatoms. The Hall–Kier alpha value is -1.04. The standard InChI is InChI=1S/C17H27BrN4O4Si/c1-17(2,3)27(4,5)25-7-10-12(23)13(24)16(26-10)22-6-9(18)11-14(19)20-8-21-15(11)22/h6,8,10,12-13,16,23-24H,7H2,1-5H3,(H2,19,20,21)/t10-,12+,13+,16+/m0/s1. The zero-order chi connectivity index (χ0) is 20.1. The highest BCUT2D eigenvalue weighted by atomic mass is 79.9. The van der Waals surface area contributed by atoms with Crippen LogP contribution in [0.1, 0.15) is 27.0 Å². The maximum Gasteiger partial charge on any atom is 0.192 e. The first-order chi connectivity index (χ1) is 12.4. The molecule has 0 aromatic carbocycles. The summed E-state index contributed by atoms with van der Waals surface area (Å²) in [6, 6.07) is 0. The van der Waals surface area contributed by atoms with Crippen molar-refractivity contribution in [3.63, 3.8) is 0 Å². The molecule has 4 N–H and O–H groups in total. The molecule has 0 radical (unpaired) electrons. The minimum Gasteiger partial charge on any atom is -0.414 e. The molecule has 150 valence electrons. The van der Waals surface area contributed by atoms with E-state index >= 15 is 0 Å². The number of aliphatic hydroxyl groups is 2. The van der Waals surface area contributed by atoms with Crippen molar-refractivity contribution in [2.75, 3.05) is 12.3 Å². The van der Waals surface area contributed by atoms with E-state index in [2.05, 4.69) is 59.8 Å². The first kappa shape index (κ1) is 20.7. The van der Waals surface area contributed by atoms with Crippen molar-refractivity contribution >= 4 is 41.1 Å². The molecule has 0 spiro atoms. The van der Waals surface area contributed by atoms with Gasteiger partial charge in [-0.25, -0.2) is 9.97 Å². The normalized spacial score (nSPS) is 26.8. The Morgan fingerprint density at radius 2 is 1.96 bits per heavy atom. The van der Waals surface area contributed by atoms with Crippen molar-refractivity contribution < 1.29 is 19.4 Å². The van der Waals surface area contributed by atoms with Crippen LogP contribution < -0.4 is 5.73 Å². The highest BCUT2D eigenvalue weighted by Gasteiger charge is 2.46. The largest absolute Gasteiger partial charge is 0.414 e. The number of aromatic nitrogens is 3. The van der Waals surface area contributed by atoms with Crippen LogP contribution in [-0.4, -0.2) is 58.0 Å². The Kier molecular flexibility index (Phi) is 5.43. The number of ether oxygens (including phenoxy) is 1. The molecular weight excluding hydrogens is 432 g/mol. The molecule has 2 aromatic heterocycles. The van der Waals surface area contributed by atoms with E-state index in [1.807, 2.05) is 0 Å².